The number of hydrogen-bond acceptors (Lipinski definition) is 7. The third-order valence-electron chi connectivity index (χ3n) is 2.59. The summed E-state index contributed by atoms with van der Waals surface area (Å²) in [6.07, 6.45) is -0.957. The van der Waals surface area contributed by atoms with Gasteiger partial charge in [-0.2, -0.15) is 4.98 Å². The molecule has 7 heteroatoms. The van der Waals surface area contributed by atoms with Crippen LogP contribution in [0.15, 0.2) is 22.7 Å². The van der Waals surface area contributed by atoms with Crippen molar-refractivity contribution in [3.05, 3.63) is 24.1 Å². The molecule has 0 spiro atoms. The van der Waals surface area contributed by atoms with Crippen molar-refractivity contribution < 1.29 is 19.1 Å². The molecule has 0 aliphatic heterocycles. The van der Waals surface area contributed by atoms with E-state index in [4.69, 9.17) is 19.7 Å². The maximum atomic E-state index is 9.51. The van der Waals surface area contributed by atoms with E-state index in [1.54, 1.807) is 32.4 Å². The Hall–Kier alpha value is -2.12. The fourth-order valence-corrected chi connectivity index (χ4v) is 1.56. The highest BCUT2D eigenvalue weighted by atomic mass is 16.5. The predicted octanol–water partition coefficient (Wildman–Crippen LogP) is 0.746. The highest BCUT2D eigenvalue weighted by molar-refractivity contribution is 5.60. The average Bonchev–Trinajstić information content (AvgIpc) is 2.95. The van der Waals surface area contributed by atoms with Crippen molar-refractivity contribution in [3.8, 4) is 22.9 Å². The molecule has 0 saturated heterocycles. The van der Waals surface area contributed by atoms with Crippen molar-refractivity contribution in [1.82, 2.24) is 10.1 Å². The zero-order valence-corrected chi connectivity index (χ0v) is 10.7. The molecule has 0 bridgehead atoms. The molecule has 2 aromatic rings. The number of hydrogen-bond donors (Lipinski definition) is 2. The van der Waals surface area contributed by atoms with Crippen molar-refractivity contribution in [2.24, 2.45) is 5.73 Å². The molecule has 0 aliphatic carbocycles. The smallest absolute Gasteiger partial charge is 0.257 e. The van der Waals surface area contributed by atoms with Crippen LogP contribution in [0.2, 0.25) is 0 Å². The molecule has 3 N–H and O–H groups in total. The normalized spacial score (nSPS) is 12.2. The Bertz CT molecular complexity index is 556. The van der Waals surface area contributed by atoms with E-state index in [2.05, 4.69) is 10.1 Å². The van der Waals surface area contributed by atoms with Crippen LogP contribution >= 0.6 is 0 Å². The number of nitrogens with zero attached hydrogens (tertiary/aromatic N) is 2. The van der Waals surface area contributed by atoms with Crippen molar-refractivity contribution in [1.29, 1.82) is 0 Å². The first-order chi connectivity index (χ1) is 9.19. The van der Waals surface area contributed by atoms with Gasteiger partial charge in [-0.3, -0.25) is 0 Å². The first-order valence-corrected chi connectivity index (χ1v) is 5.63. The number of rotatable bonds is 5. The standard InChI is InChI=1S/C12H15N3O4/c1-17-9-4-3-7(5-10(9)18-2)11-14-12(19-15-11)8(16)6-13/h3-5,8,16H,6,13H2,1-2H3. The first-order valence-electron chi connectivity index (χ1n) is 5.63. The lowest BCUT2D eigenvalue weighted by atomic mass is 10.2. The Balaban J connectivity index is 2.34. The second-order valence-corrected chi connectivity index (χ2v) is 3.78. The number of nitrogens with two attached hydrogens (primary N) is 1. The summed E-state index contributed by atoms with van der Waals surface area (Å²) < 4.78 is 15.3. The van der Waals surface area contributed by atoms with E-state index < -0.39 is 6.10 Å². The summed E-state index contributed by atoms with van der Waals surface area (Å²) in [5, 5.41) is 13.3. The fraction of sp³-hybridized carbons (Fsp3) is 0.333. The van der Waals surface area contributed by atoms with E-state index in [0.717, 1.165) is 0 Å². The number of aromatic nitrogens is 2. The van der Waals surface area contributed by atoms with E-state index >= 15 is 0 Å². The van der Waals surface area contributed by atoms with E-state index in [0.29, 0.717) is 22.9 Å². The van der Waals surface area contributed by atoms with E-state index in [-0.39, 0.29) is 12.4 Å². The number of benzene rings is 1. The Labute approximate surface area is 109 Å². The van der Waals surface area contributed by atoms with Crippen molar-refractivity contribution in [2.45, 2.75) is 6.10 Å². The molecule has 1 unspecified atom stereocenters. The predicted molar refractivity (Wildman–Crippen MR) is 66.9 cm³/mol. The van der Waals surface area contributed by atoms with Gasteiger partial charge in [0.05, 0.1) is 14.2 Å². The summed E-state index contributed by atoms with van der Waals surface area (Å²) in [6, 6.07) is 5.23. The maximum absolute atomic E-state index is 9.51. The average molecular weight is 265 g/mol. The molecule has 7 nitrogen and oxygen atoms in total. The Morgan fingerprint density at radius 3 is 2.68 bits per heavy atom. The van der Waals surface area contributed by atoms with Crippen LogP contribution in [-0.4, -0.2) is 36.0 Å². The minimum absolute atomic E-state index is 0.0214. The molecule has 1 heterocycles. The zero-order valence-electron chi connectivity index (χ0n) is 10.7. The van der Waals surface area contributed by atoms with Crippen molar-refractivity contribution in [3.63, 3.8) is 0 Å². The van der Waals surface area contributed by atoms with E-state index in [1.165, 1.54) is 0 Å². The van der Waals surface area contributed by atoms with Crippen LogP contribution in [0.3, 0.4) is 0 Å². The summed E-state index contributed by atoms with van der Waals surface area (Å²) in [5.41, 5.74) is 6.01. The number of aliphatic hydroxyl groups is 1. The second kappa shape index (κ2) is 5.68. The van der Waals surface area contributed by atoms with Gasteiger partial charge in [0.1, 0.15) is 6.10 Å². The molecule has 1 atom stereocenters. The maximum Gasteiger partial charge on any atom is 0.257 e. The Morgan fingerprint density at radius 2 is 2.05 bits per heavy atom. The molecule has 0 aliphatic rings. The summed E-state index contributed by atoms with van der Waals surface area (Å²) in [6.45, 7) is 0.0214. The van der Waals surface area contributed by atoms with Gasteiger partial charge in [0.25, 0.3) is 5.89 Å². The molecule has 0 fully saturated rings. The summed E-state index contributed by atoms with van der Waals surface area (Å²) in [4.78, 5) is 4.08. The van der Waals surface area contributed by atoms with Gasteiger partial charge in [0.2, 0.25) is 5.82 Å². The molecule has 102 valence electrons. The van der Waals surface area contributed by atoms with Crippen LogP contribution in [0.5, 0.6) is 11.5 Å². The van der Waals surface area contributed by atoms with Gasteiger partial charge in [-0.15, -0.1) is 0 Å². The molecule has 0 amide bonds. The summed E-state index contributed by atoms with van der Waals surface area (Å²) in [5.74, 6) is 1.61. The second-order valence-electron chi connectivity index (χ2n) is 3.78. The van der Waals surface area contributed by atoms with Crippen LogP contribution in [0.4, 0.5) is 0 Å². The van der Waals surface area contributed by atoms with E-state index in [9.17, 15) is 5.11 Å². The topological polar surface area (TPSA) is 104 Å². The summed E-state index contributed by atoms with van der Waals surface area (Å²) >= 11 is 0. The van der Waals surface area contributed by atoms with Crippen LogP contribution in [0.1, 0.15) is 12.0 Å². The number of ether oxygens (including phenoxy) is 2. The third kappa shape index (κ3) is 2.67. The fourth-order valence-electron chi connectivity index (χ4n) is 1.56. The van der Waals surface area contributed by atoms with Crippen LogP contribution in [0.25, 0.3) is 11.4 Å². The van der Waals surface area contributed by atoms with Crippen LogP contribution in [-0.2, 0) is 0 Å². The van der Waals surface area contributed by atoms with Gasteiger partial charge in [0, 0.05) is 12.1 Å². The molecular weight excluding hydrogens is 250 g/mol. The molecule has 2 rings (SSSR count). The van der Waals surface area contributed by atoms with Crippen LogP contribution in [0, 0.1) is 0 Å². The molecule has 0 saturated carbocycles. The minimum Gasteiger partial charge on any atom is -0.493 e. The van der Waals surface area contributed by atoms with Gasteiger partial charge in [0.15, 0.2) is 11.5 Å². The Kier molecular flexibility index (Phi) is 3.98. The van der Waals surface area contributed by atoms with E-state index in [1.807, 2.05) is 0 Å². The van der Waals surface area contributed by atoms with Crippen molar-refractivity contribution in [2.75, 3.05) is 20.8 Å². The van der Waals surface area contributed by atoms with Crippen molar-refractivity contribution >= 4 is 0 Å². The quantitative estimate of drug-likeness (QED) is 0.821. The summed E-state index contributed by atoms with van der Waals surface area (Å²) in [7, 11) is 3.10. The lowest BCUT2D eigenvalue weighted by molar-refractivity contribution is 0.141. The molecule has 0 radical (unpaired) electrons. The lowest BCUT2D eigenvalue weighted by Gasteiger charge is -2.07. The van der Waals surface area contributed by atoms with Gasteiger partial charge >= 0.3 is 0 Å². The molecule has 1 aromatic carbocycles. The lowest BCUT2D eigenvalue weighted by Crippen LogP contribution is -2.11. The Morgan fingerprint density at radius 1 is 1.32 bits per heavy atom. The van der Waals surface area contributed by atoms with Gasteiger partial charge in [-0.1, -0.05) is 5.16 Å². The van der Waals surface area contributed by atoms with Gasteiger partial charge in [-0.25, -0.2) is 0 Å². The van der Waals surface area contributed by atoms with Gasteiger partial charge < -0.3 is 24.8 Å². The molecular formula is C12H15N3O4. The number of aliphatic hydroxyl groups excluding tert-OH is 1. The first kappa shape index (κ1) is 13.3. The third-order valence-corrected chi connectivity index (χ3v) is 2.59. The molecule has 1 aromatic heterocycles. The zero-order chi connectivity index (χ0) is 13.8. The highest BCUT2D eigenvalue weighted by Gasteiger charge is 2.16. The monoisotopic (exact) mass is 265 g/mol. The minimum atomic E-state index is -0.957. The highest BCUT2D eigenvalue weighted by Crippen LogP contribution is 2.31. The molecule has 19 heavy (non-hydrogen) atoms. The van der Waals surface area contributed by atoms with Crippen LogP contribution < -0.4 is 15.2 Å². The largest absolute Gasteiger partial charge is 0.493 e. The SMILES string of the molecule is COc1ccc(-c2noc(C(O)CN)n2)cc1OC. The number of methoxy groups -OCH3 is 2. The van der Waals surface area contributed by atoms with Gasteiger partial charge in [-0.05, 0) is 18.2 Å².